The fourth-order valence-corrected chi connectivity index (χ4v) is 5.19. The van der Waals surface area contributed by atoms with E-state index in [1.807, 2.05) is 0 Å². The van der Waals surface area contributed by atoms with Gasteiger partial charge >= 0.3 is 0 Å². The summed E-state index contributed by atoms with van der Waals surface area (Å²) in [6.07, 6.45) is 10.5. The Morgan fingerprint density at radius 1 is 1.14 bits per heavy atom. The summed E-state index contributed by atoms with van der Waals surface area (Å²) in [4.78, 5) is 10.3. The van der Waals surface area contributed by atoms with Gasteiger partial charge in [-0.25, -0.2) is 0 Å². The quantitative estimate of drug-likeness (QED) is 0.336. The van der Waals surface area contributed by atoms with Crippen LogP contribution in [0.15, 0.2) is 4.99 Å². The van der Waals surface area contributed by atoms with Gasteiger partial charge in [-0.3, -0.25) is 9.89 Å². The van der Waals surface area contributed by atoms with Crippen molar-refractivity contribution >= 4 is 29.9 Å². The fraction of sp³-hybridized carbons (Fsp3) is 0.955. The number of rotatable bonds is 6. The summed E-state index contributed by atoms with van der Waals surface area (Å²) in [6.45, 7) is 11.8. The number of nitrogens with one attached hydrogen (secondary N) is 1. The molecular weight excluding hydrogens is 463 g/mol. The molecule has 0 radical (unpaired) electrons. The first-order valence-electron chi connectivity index (χ1n) is 11.5. The lowest BCUT2D eigenvalue weighted by atomic mass is 9.83. The SMILES string of the molecule is CCNC(=NCC1(N2CCCC2)CCOCC1)N(C)CC1CCC(C)CC1.I. The topological polar surface area (TPSA) is 40.1 Å². The Balaban J connectivity index is 0.00000280. The molecule has 2 aliphatic heterocycles. The van der Waals surface area contributed by atoms with Crippen LogP contribution < -0.4 is 5.32 Å². The highest BCUT2D eigenvalue weighted by Crippen LogP contribution is 2.32. The summed E-state index contributed by atoms with van der Waals surface area (Å²) in [5.41, 5.74) is 0.219. The lowest BCUT2D eigenvalue weighted by Crippen LogP contribution is -2.54. The van der Waals surface area contributed by atoms with Gasteiger partial charge in [-0.15, -0.1) is 24.0 Å². The minimum Gasteiger partial charge on any atom is -0.381 e. The third-order valence-corrected chi connectivity index (χ3v) is 7.09. The standard InChI is InChI=1S/C22H42N4O.HI/c1-4-23-21(25(3)17-20-9-7-19(2)8-10-20)24-18-22(11-15-27-16-12-22)26-13-5-6-14-26;/h19-20H,4-18H2,1-3H3,(H,23,24);1H. The number of nitrogens with zero attached hydrogens (tertiary/aromatic N) is 3. The van der Waals surface area contributed by atoms with Crippen molar-refractivity contribution in [1.29, 1.82) is 0 Å². The zero-order valence-corrected chi connectivity index (χ0v) is 20.7. The maximum Gasteiger partial charge on any atom is 0.193 e. The number of halogens is 1. The molecule has 0 bridgehead atoms. The van der Waals surface area contributed by atoms with Crippen LogP contribution in [-0.2, 0) is 4.74 Å². The highest BCUT2D eigenvalue weighted by atomic mass is 127. The second kappa shape index (κ2) is 11.9. The molecule has 3 aliphatic rings. The number of hydrogen-bond acceptors (Lipinski definition) is 3. The van der Waals surface area contributed by atoms with Crippen LogP contribution in [0.5, 0.6) is 0 Å². The van der Waals surface area contributed by atoms with Crippen molar-refractivity contribution in [3.8, 4) is 0 Å². The van der Waals surface area contributed by atoms with Gasteiger partial charge in [0.25, 0.3) is 0 Å². The van der Waals surface area contributed by atoms with Crippen LogP contribution in [-0.4, -0.2) is 74.3 Å². The Morgan fingerprint density at radius 3 is 2.39 bits per heavy atom. The van der Waals surface area contributed by atoms with Crippen molar-refractivity contribution in [2.24, 2.45) is 16.8 Å². The Morgan fingerprint density at radius 2 is 1.79 bits per heavy atom. The van der Waals surface area contributed by atoms with Crippen molar-refractivity contribution in [3.05, 3.63) is 0 Å². The van der Waals surface area contributed by atoms with Gasteiger partial charge in [-0.1, -0.05) is 19.8 Å². The zero-order chi connectivity index (χ0) is 19.1. The van der Waals surface area contributed by atoms with Crippen molar-refractivity contribution in [2.45, 2.75) is 70.8 Å². The molecule has 0 aromatic carbocycles. The van der Waals surface area contributed by atoms with E-state index in [2.05, 4.69) is 36.0 Å². The second-order valence-corrected chi connectivity index (χ2v) is 9.21. The molecule has 0 aromatic rings. The summed E-state index contributed by atoms with van der Waals surface area (Å²) in [5.74, 6) is 2.84. The predicted octanol–water partition coefficient (Wildman–Crippen LogP) is 3.97. The molecule has 2 heterocycles. The molecule has 0 unspecified atom stereocenters. The van der Waals surface area contributed by atoms with E-state index in [4.69, 9.17) is 9.73 Å². The van der Waals surface area contributed by atoms with Gasteiger partial charge in [-0.05, 0) is 70.4 Å². The molecule has 1 N–H and O–H groups in total. The average molecular weight is 507 g/mol. The van der Waals surface area contributed by atoms with Crippen molar-refractivity contribution < 1.29 is 4.74 Å². The summed E-state index contributed by atoms with van der Waals surface area (Å²) >= 11 is 0. The monoisotopic (exact) mass is 506 g/mol. The number of likely N-dealkylation sites (tertiary alicyclic amines) is 1. The van der Waals surface area contributed by atoms with E-state index in [0.717, 1.165) is 63.5 Å². The molecule has 1 aliphatic carbocycles. The van der Waals surface area contributed by atoms with Gasteiger partial charge in [0, 0.05) is 38.9 Å². The predicted molar refractivity (Wildman–Crippen MR) is 129 cm³/mol. The fourth-order valence-electron chi connectivity index (χ4n) is 5.19. The van der Waals surface area contributed by atoms with Gasteiger partial charge in [0.05, 0.1) is 6.54 Å². The molecular formula is C22H43IN4O. The molecule has 3 fully saturated rings. The van der Waals surface area contributed by atoms with Gasteiger partial charge in [0.15, 0.2) is 5.96 Å². The van der Waals surface area contributed by atoms with E-state index < -0.39 is 0 Å². The molecule has 6 heteroatoms. The van der Waals surface area contributed by atoms with Crippen LogP contribution in [0.3, 0.4) is 0 Å². The molecule has 5 nitrogen and oxygen atoms in total. The summed E-state index contributed by atoms with van der Waals surface area (Å²) in [7, 11) is 2.23. The summed E-state index contributed by atoms with van der Waals surface area (Å²) in [6, 6.07) is 0. The molecule has 0 spiro atoms. The van der Waals surface area contributed by atoms with E-state index >= 15 is 0 Å². The molecule has 2 saturated heterocycles. The molecule has 3 rings (SSSR count). The Bertz CT molecular complexity index is 467. The Labute approximate surface area is 190 Å². The van der Waals surface area contributed by atoms with Crippen LogP contribution in [0.2, 0.25) is 0 Å². The van der Waals surface area contributed by atoms with Gasteiger partial charge in [0.2, 0.25) is 0 Å². The first-order chi connectivity index (χ1) is 13.1. The van der Waals surface area contributed by atoms with E-state index in [1.54, 1.807) is 0 Å². The first kappa shape index (κ1) is 24.2. The molecule has 0 amide bonds. The number of guanidine groups is 1. The van der Waals surface area contributed by atoms with E-state index in [0.29, 0.717) is 0 Å². The molecule has 1 saturated carbocycles. The summed E-state index contributed by atoms with van der Waals surface area (Å²) in [5, 5.41) is 3.55. The number of hydrogen-bond donors (Lipinski definition) is 1. The minimum atomic E-state index is 0. The molecule has 28 heavy (non-hydrogen) atoms. The van der Waals surface area contributed by atoms with Crippen molar-refractivity contribution in [2.75, 3.05) is 53.0 Å². The minimum absolute atomic E-state index is 0. The number of ether oxygens (including phenoxy) is 1. The third-order valence-electron chi connectivity index (χ3n) is 7.09. The van der Waals surface area contributed by atoms with Crippen LogP contribution in [0.4, 0.5) is 0 Å². The van der Waals surface area contributed by atoms with Crippen LogP contribution in [0.1, 0.15) is 65.2 Å². The third kappa shape index (κ3) is 6.46. The van der Waals surface area contributed by atoms with Crippen molar-refractivity contribution in [1.82, 2.24) is 15.1 Å². The highest BCUT2D eigenvalue weighted by Gasteiger charge is 2.39. The normalized spacial score (nSPS) is 28.6. The van der Waals surface area contributed by atoms with Crippen LogP contribution in [0.25, 0.3) is 0 Å². The van der Waals surface area contributed by atoms with Crippen LogP contribution in [0, 0.1) is 11.8 Å². The van der Waals surface area contributed by atoms with Gasteiger partial charge in [-0.2, -0.15) is 0 Å². The van der Waals surface area contributed by atoms with Gasteiger partial charge in [0.1, 0.15) is 0 Å². The zero-order valence-electron chi connectivity index (χ0n) is 18.4. The first-order valence-corrected chi connectivity index (χ1v) is 11.5. The Hall–Kier alpha value is -0.0800. The highest BCUT2D eigenvalue weighted by molar-refractivity contribution is 14.0. The average Bonchev–Trinajstić information content (AvgIpc) is 3.23. The van der Waals surface area contributed by atoms with E-state index in [1.165, 1.54) is 51.6 Å². The molecule has 164 valence electrons. The Kier molecular flexibility index (Phi) is 10.3. The molecule has 0 aromatic heterocycles. The summed E-state index contributed by atoms with van der Waals surface area (Å²) < 4.78 is 5.69. The van der Waals surface area contributed by atoms with Crippen molar-refractivity contribution in [3.63, 3.8) is 0 Å². The second-order valence-electron chi connectivity index (χ2n) is 9.21. The van der Waals surface area contributed by atoms with E-state index in [9.17, 15) is 0 Å². The lowest BCUT2D eigenvalue weighted by molar-refractivity contribution is -0.0139. The van der Waals surface area contributed by atoms with Crippen LogP contribution >= 0.6 is 24.0 Å². The molecule has 0 atom stereocenters. The lowest BCUT2D eigenvalue weighted by Gasteiger charge is -2.44. The maximum absolute atomic E-state index is 5.69. The largest absolute Gasteiger partial charge is 0.381 e. The van der Waals surface area contributed by atoms with E-state index in [-0.39, 0.29) is 29.5 Å². The number of aliphatic imine (C=N–C) groups is 1. The van der Waals surface area contributed by atoms with Gasteiger partial charge < -0.3 is 15.0 Å². The maximum atomic E-state index is 5.69. The smallest absolute Gasteiger partial charge is 0.193 e.